The first-order chi connectivity index (χ1) is 11.0. The van der Waals surface area contributed by atoms with Crippen LogP contribution in [-0.4, -0.2) is 16.1 Å². The van der Waals surface area contributed by atoms with Crippen molar-refractivity contribution in [3.63, 3.8) is 0 Å². The zero-order valence-corrected chi connectivity index (χ0v) is 12.5. The lowest BCUT2D eigenvalue weighted by atomic mass is 10.1. The zero-order valence-electron chi connectivity index (χ0n) is 12.5. The first kappa shape index (κ1) is 16.1. The lowest BCUT2D eigenvalue weighted by Crippen LogP contribution is -2.27. The summed E-state index contributed by atoms with van der Waals surface area (Å²) in [7, 11) is 0. The maximum atomic E-state index is 12.2. The van der Waals surface area contributed by atoms with Gasteiger partial charge < -0.3 is 15.5 Å². The Balaban J connectivity index is 2.18. The summed E-state index contributed by atoms with van der Waals surface area (Å²) in [5, 5.41) is 30.8. The standard InChI is InChI=1S/C18H16N2O3/c1-12(14-5-3-2-4-6-14)20-18(23)15(11-19)7-13-8-16(21)10-17(22)9-13/h2-10,12,21-22H,1H3,(H,20,23)/b15-7+. The van der Waals surface area contributed by atoms with Crippen molar-refractivity contribution in [2.24, 2.45) is 0 Å². The predicted octanol–water partition coefficient (Wildman–Crippen LogP) is 2.88. The first-order valence-corrected chi connectivity index (χ1v) is 7.00. The number of benzene rings is 2. The van der Waals surface area contributed by atoms with Crippen LogP contribution in [0.4, 0.5) is 0 Å². The van der Waals surface area contributed by atoms with Gasteiger partial charge in [0.2, 0.25) is 0 Å². The van der Waals surface area contributed by atoms with Gasteiger partial charge in [-0.1, -0.05) is 30.3 Å². The second kappa shape index (κ2) is 7.14. The Labute approximate surface area is 134 Å². The molecule has 0 aliphatic carbocycles. The molecule has 0 heterocycles. The van der Waals surface area contributed by atoms with E-state index in [9.17, 15) is 20.3 Å². The van der Waals surface area contributed by atoms with E-state index in [4.69, 9.17) is 0 Å². The summed E-state index contributed by atoms with van der Waals surface area (Å²) in [6, 6.07) is 14.8. The Morgan fingerprint density at radius 3 is 2.35 bits per heavy atom. The maximum absolute atomic E-state index is 12.2. The SMILES string of the molecule is CC(NC(=O)/C(C#N)=C/c1cc(O)cc(O)c1)c1ccccc1. The molecule has 1 amide bonds. The second-order valence-electron chi connectivity index (χ2n) is 5.06. The molecule has 2 aromatic rings. The molecule has 116 valence electrons. The molecule has 0 saturated heterocycles. The Morgan fingerprint density at radius 1 is 1.17 bits per heavy atom. The average Bonchev–Trinajstić information content (AvgIpc) is 2.52. The summed E-state index contributed by atoms with van der Waals surface area (Å²) >= 11 is 0. The number of phenols is 2. The maximum Gasteiger partial charge on any atom is 0.262 e. The van der Waals surface area contributed by atoms with Gasteiger partial charge in [-0.15, -0.1) is 0 Å². The summed E-state index contributed by atoms with van der Waals surface area (Å²) in [6.07, 6.45) is 1.31. The van der Waals surface area contributed by atoms with Crippen LogP contribution in [0.25, 0.3) is 6.08 Å². The molecule has 0 saturated carbocycles. The molecule has 0 aliphatic heterocycles. The van der Waals surface area contributed by atoms with Gasteiger partial charge >= 0.3 is 0 Å². The molecule has 3 N–H and O–H groups in total. The van der Waals surface area contributed by atoms with E-state index in [2.05, 4.69) is 5.32 Å². The summed E-state index contributed by atoms with van der Waals surface area (Å²) in [4.78, 5) is 12.2. The minimum Gasteiger partial charge on any atom is -0.508 e. The van der Waals surface area contributed by atoms with Crippen LogP contribution in [0.1, 0.15) is 24.1 Å². The highest BCUT2D eigenvalue weighted by Crippen LogP contribution is 2.22. The predicted molar refractivity (Wildman–Crippen MR) is 86.4 cm³/mol. The van der Waals surface area contributed by atoms with Crippen LogP contribution in [0.2, 0.25) is 0 Å². The fraction of sp³-hybridized carbons (Fsp3) is 0.111. The quantitative estimate of drug-likeness (QED) is 0.598. The molecule has 0 aliphatic rings. The van der Waals surface area contributed by atoms with Gasteiger partial charge in [0, 0.05) is 6.07 Å². The topological polar surface area (TPSA) is 93.4 Å². The Hall–Kier alpha value is -3.26. The van der Waals surface area contributed by atoms with Crippen molar-refractivity contribution in [2.45, 2.75) is 13.0 Å². The molecule has 0 aromatic heterocycles. The van der Waals surface area contributed by atoms with Gasteiger partial charge in [-0.3, -0.25) is 4.79 Å². The van der Waals surface area contributed by atoms with E-state index in [0.717, 1.165) is 5.56 Å². The van der Waals surface area contributed by atoms with Crippen molar-refractivity contribution >= 4 is 12.0 Å². The van der Waals surface area contributed by atoms with Gasteiger partial charge in [0.1, 0.15) is 23.1 Å². The number of carbonyl (C=O) groups excluding carboxylic acids is 1. The number of hydrogen-bond donors (Lipinski definition) is 3. The van der Waals surface area contributed by atoms with Gasteiger partial charge in [-0.25, -0.2) is 0 Å². The largest absolute Gasteiger partial charge is 0.508 e. The molecule has 0 spiro atoms. The van der Waals surface area contributed by atoms with E-state index in [1.54, 1.807) is 0 Å². The lowest BCUT2D eigenvalue weighted by molar-refractivity contribution is -0.117. The van der Waals surface area contributed by atoms with Crippen molar-refractivity contribution in [1.29, 1.82) is 5.26 Å². The molecule has 0 bridgehead atoms. The van der Waals surface area contributed by atoms with E-state index in [1.807, 2.05) is 43.3 Å². The van der Waals surface area contributed by atoms with E-state index in [0.29, 0.717) is 5.56 Å². The van der Waals surface area contributed by atoms with Crippen molar-refractivity contribution in [1.82, 2.24) is 5.32 Å². The molecule has 5 heteroatoms. The fourth-order valence-corrected chi connectivity index (χ4v) is 2.12. The summed E-state index contributed by atoms with van der Waals surface area (Å²) in [5.41, 5.74) is 1.17. The summed E-state index contributed by atoms with van der Waals surface area (Å²) < 4.78 is 0. The molecule has 0 fully saturated rings. The highest BCUT2D eigenvalue weighted by molar-refractivity contribution is 6.01. The van der Waals surface area contributed by atoms with Gasteiger partial charge in [0.25, 0.3) is 5.91 Å². The Kier molecular flexibility index (Phi) is 5.00. The van der Waals surface area contributed by atoms with E-state index in [1.165, 1.54) is 24.3 Å². The zero-order chi connectivity index (χ0) is 16.8. The number of phenolic OH excluding ortho intramolecular Hbond substituents is 2. The highest BCUT2D eigenvalue weighted by atomic mass is 16.3. The highest BCUT2D eigenvalue weighted by Gasteiger charge is 2.14. The van der Waals surface area contributed by atoms with Gasteiger partial charge in [0.05, 0.1) is 6.04 Å². The third-order valence-corrected chi connectivity index (χ3v) is 3.25. The van der Waals surface area contributed by atoms with Gasteiger partial charge in [-0.2, -0.15) is 5.26 Å². The number of nitriles is 1. The Bertz CT molecular complexity index is 756. The van der Waals surface area contributed by atoms with Crippen molar-refractivity contribution in [3.05, 3.63) is 65.2 Å². The van der Waals surface area contributed by atoms with Crippen LogP contribution in [-0.2, 0) is 4.79 Å². The minimum atomic E-state index is -0.522. The molecule has 5 nitrogen and oxygen atoms in total. The number of nitrogens with zero attached hydrogens (tertiary/aromatic N) is 1. The smallest absolute Gasteiger partial charge is 0.262 e. The second-order valence-corrected chi connectivity index (χ2v) is 5.06. The van der Waals surface area contributed by atoms with Crippen LogP contribution >= 0.6 is 0 Å². The van der Waals surface area contributed by atoms with Crippen molar-refractivity contribution < 1.29 is 15.0 Å². The number of rotatable bonds is 4. The van der Waals surface area contributed by atoms with Gasteiger partial charge in [-0.05, 0) is 36.3 Å². The number of nitrogens with one attached hydrogen (secondary N) is 1. The van der Waals surface area contributed by atoms with Crippen LogP contribution in [0.5, 0.6) is 11.5 Å². The minimum absolute atomic E-state index is 0.113. The van der Waals surface area contributed by atoms with E-state index in [-0.39, 0.29) is 23.1 Å². The Morgan fingerprint density at radius 2 is 1.78 bits per heavy atom. The van der Waals surface area contributed by atoms with Crippen LogP contribution in [0.15, 0.2) is 54.1 Å². The van der Waals surface area contributed by atoms with Crippen molar-refractivity contribution in [3.8, 4) is 17.6 Å². The van der Waals surface area contributed by atoms with E-state index < -0.39 is 5.91 Å². The average molecular weight is 308 g/mol. The molecule has 1 atom stereocenters. The van der Waals surface area contributed by atoms with Crippen molar-refractivity contribution in [2.75, 3.05) is 0 Å². The molecule has 23 heavy (non-hydrogen) atoms. The van der Waals surface area contributed by atoms with Gasteiger partial charge in [0.15, 0.2) is 0 Å². The summed E-state index contributed by atoms with van der Waals surface area (Å²) in [5.74, 6) is -0.815. The molecule has 1 unspecified atom stereocenters. The van der Waals surface area contributed by atoms with Crippen LogP contribution in [0.3, 0.4) is 0 Å². The van der Waals surface area contributed by atoms with Crippen LogP contribution < -0.4 is 5.32 Å². The fourth-order valence-electron chi connectivity index (χ4n) is 2.12. The normalized spacial score (nSPS) is 12.3. The number of amides is 1. The monoisotopic (exact) mass is 308 g/mol. The molecule has 0 radical (unpaired) electrons. The molecular weight excluding hydrogens is 292 g/mol. The molecule has 2 aromatic carbocycles. The third kappa shape index (κ3) is 4.35. The summed E-state index contributed by atoms with van der Waals surface area (Å²) in [6.45, 7) is 1.82. The number of hydrogen-bond acceptors (Lipinski definition) is 4. The first-order valence-electron chi connectivity index (χ1n) is 7.00. The molecule has 2 rings (SSSR count). The third-order valence-electron chi connectivity index (χ3n) is 3.25. The molecular formula is C18H16N2O3. The van der Waals surface area contributed by atoms with E-state index >= 15 is 0 Å². The lowest BCUT2D eigenvalue weighted by Gasteiger charge is -2.13. The van der Waals surface area contributed by atoms with Crippen LogP contribution in [0, 0.1) is 11.3 Å². The number of carbonyl (C=O) groups is 1. The number of aromatic hydroxyl groups is 2.